The van der Waals surface area contributed by atoms with Crippen molar-refractivity contribution < 1.29 is 14.7 Å². The van der Waals surface area contributed by atoms with Crippen LogP contribution in [0.5, 0.6) is 0 Å². The standard InChI is InChI=1S/C15H22N2O3/c1-4-12-7-5-6-8-13(12)16-15(20)17(11(2)3)10-9-14(18)19/h5-8,11H,4,9-10H2,1-3H3,(H,16,20)(H,18,19). The number of hydrogen-bond acceptors (Lipinski definition) is 2. The molecule has 5 heteroatoms. The number of aliphatic carboxylic acids is 1. The second-order valence-electron chi connectivity index (χ2n) is 4.87. The van der Waals surface area contributed by atoms with Gasteiger partial charge in [-0.25, -0.2) is 4.79 Å². The Kier molecular flexibility index (Phi) is 6.03. The lowest BCUT2D eigenvalue weighted by molar-refractivity contribution is -0.137. The predicted molar refractivity (Wildman–Crippen MR) is 78.9 cm³/mol. The zero-order valence-electron chi connectivity index (χ0n) is 12.2. The molecule has 0 saturated carbocycles. The van der Waals surface area contributed by atoms with Crippen molar-refractivity contribution in [3.05, 3.63) is 29.8 Å². The van der Waals surface area contributed by atoms with E-state index in [1.165, 1.54) is 4.90 Å². The number of para-hydroxylation sites is 1. The van der Waals surface area contributed by atoms with Gasteiger partial charge in [0.1, 0.15) is 0 Å². The van der Waals surface area contributed by atoms with E-state index in [0.29, 0.717) is 0 Å². The number of aryl methyl sites for hydroxylation is 1. The van der Waals surface area contributed by atoms with E-state index in [2.05, 4.69) is 5.32 Å². The van der Waals surface area contributed by atoms with Gasteiger partial charge < -0.3 is 15.3 Å². The highest BCUT2D eigenvalue weighted by Crippen LogP contribution is 2.16. The number of carbonyl (C=O) groups is 2. The van der Waals surface area contributed by atoms with Crippen LogP contribution in [0.1, 0.15) is 32.8 Å². The lowest BCUT2D eigenvalue weighted by Gasteiger charge is -2.26. The van der Waals surface area contributed by atoms with E-state index in [4.69, 9.17) is 5.11 Å². The summed E-state index contributed by atoms with van der Waals surface area (Å²) in [5.41, 5.74) is 1.84. The molecule has 2 N–H and O–H groups in total. The monoisotopic (exact) mass is 278 g/mol. The fourth-order valence-electron chi connectivity index (χ4n) is 1.95. The number of rotatable bonds is 6. The zero-order chi connectivity index (χ0) is 15.1. The summed E-state index contributed by atoms with van der Waals surface area (Å²) in [5.74, 6) is -0.905. The highest BCUT2D eigenvalue weighted by molar-refractivity contribution is 5.90. The maximum absolute atomic E-state index is 12.3. The largest absolute Gasteiger partial charge is 0.481 e. The van der Waals surface area contributed by atoms with Crippen LogP contribution in [0.3, 0.4) is 0 Å². The molecule has 0 aliphatic carbocycles. The third kappa shape index (κ3) is 4.57. The number of carboxylic acid groups (broad SMARTS) is 1. The van der Waals surface area contributed by atoms with E-state index in [0.717, 1.165) is 17.7 Å². The SMILES string of the molecule is CCc1ccccc1NC(=O)N(CCC(=O)O)C(C)C. The van der Waals surface area contributed by atoms with Crippen molar-refractivity contribution in [3.63, 3.8) is 0 Å². The molecular formula is C15H22N2O3. The first-order chi connectivity index (χ1) is 9.45. The molecule has 1 rings (SSSR count). The number of anilines is 1. The van der Waals surface area contributed by atoms with E-state index < -0.39 is 5.97 Å². The van der Waals surface area contributed by atoms with Gasteiger partial charge in [-0.2, -0.15) is 0 Å². The maximum atomic E-state index is 12.3. The predicted octanol–water partition coefficient (Wildman–Crippen LogP) is 2.97. The first kappa shape index (κ1) is 16.0. The number of amides is 2. The van der Waals surface area contributed by atoms with Crippen molar-refractivity contribution in [2.75, 3.05) is 11.9 Å². The van der Waals surface area contributed by atoms with Crippen LogP contribution in [0.4, 0.5) is 10.5 Å². The van der Waals surface area contributed by atoms with Crippen molar-refractivity contribution in [2.45, 2.75) is 39.7 Å². The van der Waals surface area contributed by atoms with Crippen LogP contribution in [0.2, 0.25) is 0 Å². The zero-order valence-corrected chi connectivity index (χ0v) is 12.2. The molecule has 1 aromatic carbocycles. The fraction of sp³-hybridized carbons (Fsp3) is 0.467. The molecule has 0 radical (unpaired) electrons. The molecule has 1 aromatic rings. The molecule has 20 heavy (non-hydrogen) atoms. The number of urea groups is 1. The van der Waals surface area contributed by atoms with E-state index in [9.17, 15) is 9.59 Å². The van der Waals surface area contributed by atoms with Gasteiger partial charge in [0.2, 0.25) is 0 Å². The molecule has 0 atom stereocenters. The van der Waals surface area contributed by atoms with Crippen molar-refractivity contribution >= 4 is 17.7 Å². The summed E-state index contributed by atoms with van der Waals surface area (Å²) in [7, 11) is 0. The van der Waals surface area contributed by atoms with Crippen LogP contribution in [-0.4, -0.2) is 34.6 Å². The molecule has 110 valence electrons. The molecule has 5 nitrogen and oxygen atoms in total. The van der Waals surface area contributed by atoms with Gasteiger partial charge in [-0.3, -0.25) is 4.79 Å². The third-order valence-corrected chi connectivity index (χ3v) is 3.09. The number of carboxylic acids is 1. The molecule has 2 amide bonds. The van der Waals surface area contributed by atoms with E-state index in [-0.39, 0.29) is 25.0 Å². The minimum atomic E-state index is -0.905. The van der Waals surface area contributed by atoms with E-state index >= 15 is 0 Å². The maximum Gasteiger partial charge on any atom is 0.322 e. The Morgan fingerprint density at radius 2 is 1.95 bits per heavy atom. The molecule has 0 aliphatic heterocycles. The smallest absolute Gasteiger partial charge is 0.322 e. The molecule has 0 aliphatic rings. The second kappa shape index (κ2) is 7.53. The normalized spacial score (nSPS) is 10.4. The van der Waals surface area contributed by atoms with Crippen LogP contribution < -0.4 is 5.32 Å². The average molecular weight is 278 g/mol. The minimum Gasteiger partial charge on any atom is -0.481 e. The molecule has 0 fully saturated rings. The summed E-state index contributed by atoms with van der Waals surface area (Å²) in [6.45, 7) is 5.96. The summed E-state index contributed by atoms with van der Waals surface area (Å²) in [6.07, 6.45) is 0.772. The Labute approximate surface area is 119 Å². The highest BCUT2D eigenvalue weighted by atomic mass is 16.4. The molecule has 0 bridgehead atoms. The Balaban J connectivity index is 2.77. The molecule has 0 spiro atoms. The number of nitrogens with one attached hydrogen (secondary N) is 1. The lowest BCUT2D eigenvalue weighted by atomic mass is 10.1. The van der Waals surface area contributed by atoms with Crippen molar-refractivity contribution in [3.8, 4) is 0 Å². The van der Waals surface area contributed by atoms with E-state index in [1.54, 1.807) is 0 Å². The van der Waals surface area contributed by atoms with Crippen molar-refractivity contribution in [2.24, 2.45) is 0 Å². The van der Waals surface area contributed by atoms with E-state index in [1.807, 2.05) is 45.0 Å². The first-order valence-electron chi connectivity index (χ1n) is 6.83. The Morgan fingerprint density at radius 1 is 1.30 bits per heavy atom. The number of carbonyl (C=O) groups excluding carboxylic acids is 1. The van der Waals surface area contributed by atoms with Gasteiger partial charge >= 0.3 is 12.0 Å². The first-order valence-corrected chi connectivity index (χ1v) is 6.83. The minimum absolute atomic E-state index is 0.0526. The van der Waals surface area contributed by atoms with Crippen molar-refractivity contribution in [1.29, 1.82) is 0 Å². The summed E-state index contributed by atoms with van der Waals surface area (Å²) in [4.78, 5) is 24.4. The van der Waals surface area contributed by atoms with Gasteiger partial charge in [-0.15, -0.1) is 0 Å². The van der Waals surface area contributed by atoms with Crippen LogP contribution in [0, 0.1) is 0 Å². The highest BCUT2D eigenvalue weighted by Gasteiger charge is 2.18. The topological polar surface area (TPSA) is 69.6 Å². The van der Waals surface area contributed by atoms with Gasteiger partial charge in [0.05, 0.1) is 6.42 Å². The summed E-state index contributed by atoms with van der Waals surface area (Å²) in [6, 6.07) is 7.30. The quantitative estimate of drug-likeness (QED) is 0.840. The summed E-state index contributed by atoms with van der Waals surface area (Å²) < 4.78 is 0. The van der Waals surface area contributed by atoms with Gasteiger partial charge in [-0.05, 0) is 31.9 Å². The molecule has 0 aromatic heterocycles. The average Bonchev–Trinajstić information content (AvgIpc) is 2.38. The van der Waals surface area contributed by atoms with Crippen LogP contribution in [0.25, 0.3) is 0 Å². The van der Waals surface area contributed by atoms with Gasteiger partial charge in [-0.1, -0.05) is 25.1 Å². The Morgan fingerprint density at radius 3 is 2.50 bits per heavy atom. The van der Waals surface area contributed by atoms with Gasteiger partial charge in [0.25, 0.3) is 0 Å². The van der Waals surface area contributed by atoms with Gasteiger partial charge in [0, 0.05) is 18.3 Å². The third-order valence-electron chi connectivity index (χ3n) is 3.09. The summed E-state index contributed by atoms with van der Waals surface area (Å²) in [5, 5.41) is 11.6. The fourth-order valence-corrected chi connectivity index (χ4v) is 1.95. The molecular weight excluding hydrogens is 256 g/mol. The summed E-state index contributed by atoms with van der Waals surface area (Å²) >= 11 is 0. The number of hydrogen-bond donors (Lipinski definition) is 2. The van der Waals surface area contributed by atoms with Crippen LogP contribution in [-0.2, 0) is 11.2 Å². The lowest BCUT2D eigenvalue weighted by Crippen LogP contribution is -2.41. The van der Waals surface area contributed by atoms with Crippen molar-refractivity contribution in [1.82, 2.24) is 4.90 Å². The van der Waals surface area contributed by atoms with Crippen LogP contribution >= 0.6 is 0 Å². The molecule has 0 heterocycles. The van der Waals surface area contributed by atoms with Crippen LogP contribution in [0.15, 0.2) is 24.3 Å². The number of benzene rings is 1. The molecule has 0 unspecified atom stereocenters. The second-order valence-corrected chi connectivity index (χ2v) is 4.87. The molecule has 0 saturated heterocycles. The van der Waals surface area contributed by atoms with Gasteiger partial charge in [0.15, 0.2) is 0 Å². The Bertz CT molecular complexity index is 472. The Hall–Kier alpha value is -2.04. The number of nitrogens with zero attached hydrogens (tertiary/aromatic N) is 1.